The van der Waals surface area contributed by atoms with E-state index in [2.05, 4.69) is 0 Å². The molecule has 1 rings (SSSR count). The normalized spacial score (nSPS) is 14.1. The van der Waals surface area contributed by atoms with E-state index in [-0.39, 0.29) is 17.6 Å². The van der Waals surface area contributed by atoms with Gasteiger partial charge in [0.05, 0.1) is 6.04 Å². The Bertz CT molecular complexity index is 393. The first-order valence-corrected chi connectivity index (χ1v) is 5.79. The lowest BCUT2D eigenvalue weighted by Gasteiger charge is -2.24. The van der Waals surface area contributed by atoms with Crippen molar-refractivity contribution >= 4 is 11.6 Å². The molecule has 1 unspecified atom stereocenters. The van der Waals surface area contributed by atoms with Crippen LogP contribution >= 0.6 is 0 Å². The van der Waals surface area contributed by atoms with Gasteiger partial charge in [-0.3, -0.25) is 4.79 Å². The number of benzene rings is 1. The van der Waals surface area contributed by atoms with E-state index < -0.39 is 6.04 Å². The molecule has 0 aliphatic rings. The van der Waals surface area contributed by atoms with Gasteiger partial charge >= 0.3 is 0 Å². The highest BCUT2D eigenvalue weighted by Crippen LogP contribution is 2.20. The van der Waals surface area contributed by atoms with Crippen molar-refractivity contribution in [3.05, 3.63) is 24.3 Å². The lowest BCUT2D eigenvalue weighted by molar-refractivity contribution is -0.120. The van der Waals surface area contributed by atoms with Crippen LogP contribution in [0.3, 0.4) is 0 Å². The lowest BCUT2D eigenvalue weighted by Crippen LogP contribution is -2.45. The minimum Gasteiger partial charge on any atom is -0.508 e. The zero-order chi connectivity index (χ0) is 13.0. The molecule has 94 valence electrons. The third kappa shape index (κ3) is 3.20. The number of nitrogens with zero attached hydrogens (tertiary/aromatic N) is 1. The van der Waals surface area contributed by atoms with Gasteiger partial charge in [0.2, 0.25) is 5.91 Å². The average molecular weight is 236 g/mol. The monoisotopic (exact) mass is 236 g/mol. The topological polar surface area (TPSA) is 66.6 Å². The van der Waals surface area contributed by atoms with Crippen molar-refractivity contribution in [2.24, 2.45) is 11.7 Å². The van der Waals surface area contributed by atoms with E-state index in [1.54, 1.807) is 31.3 Å². The molecule has 0 fully saturated rings. The second-order valence-corrected chi connectivity index (χ2v) is 4.33. The number of nitrogens with two attached hydrogens (primary N) is 1. The molecule has 1 amide bonds. The summed E-state index contributed by atoms with van der Waals surface area (Å²) in [5.74, 6) is 0.145. The van der Waals surface area contributed by atoms with Crippen LogP contribution in [0.25, 0.3) is 0 Å². The van der Waals surface area contributed by atoms with Crippen LogP contribution in [0.5, 0.6) is 5.75 Å². The van der Waals surface area contributed by atoms with Crippen LogP contribution in [0.1, 0.15) is 20.3 Å². The molecule has 2 atom stereocenters. The van der Waals surface area contributed by atoms with Gasteiger partial charge in [-0.2, -0.15) is 0 Å². The van der Waals surface area contributed by atoms with Crippen molar-refractivity contribution in [1.29, 1.82) is 0 Å². The van der Waals surface area contributed by atoms with Crippen LogP contribution in [0.15, 0.2) is 24.3 Å². The quantitative estimate of drug-likeness (QED) is 0.836. The summed E-state index contributed by atoms with van der Waals surface area (Å²) in [6.07, 6.45) is 0.862. The summed E-state index contributed by atoms with van der Waals surface area (Å²) in [6.45, 7) is 3.96. The van der Waals surface area contributed by atoms with E-state index in [1.807, 2.05) is 13.8 Å². The Kier molecular flexibility index (Phi) is 4.52. The molecular formula is C13H20N2O2. The summed E-state index contributed by atoms with van der Waals surface area (Å²) in [6, 6.07) is 6.06. The molecule has 0 bridgehead atoms. The Hall–Kier alpha value is -1.55. The summed E-state index contributed by atoms with van der Waals surface area (Å²) < 4.78 is 0. The first kappa shape index (κ1) is 13.5. The number of rotatable bonds is 4. The summed E-state index contributed by atoms with van der Waals surface area (Å²) in [5, 5.41) is 9.37. The number of hydrogen-bond acceptors (Lipinski definition) is 3. The number of likely N-dealkylation sites (N-methyl/N-ethyl adjacent to an activating group) is 1. The van der Waals surface area contributed by atoms with Crippen LogP contribution in [-0.2, 0) is 4.79 Å². The number of aromatic hydroxyl groups is 1. The SMILES string of the molecule is CCC(C)[C@H](N)C(=O)N(C)c1cccc(O)c1. The molecule has 0 aliphatic heterocycles. The van der Waals surface area contributed by atoms with Crippen LogP contribution in [0, 0.1) is 5.92 Å². The van der Waals surface area contributed by atoms with E-state index in [1.165, 1.54) is 4.90 Å². The van der Waals surface area contributed by atoms with Gasteiger partial charge in [0.15, 0.2) is 0 Å². The largest absolute Gasteiger partial charge is 0.508 e. The van der Waals surface area contributed by atoms with E-state index in [9.17, 15) is 9.90 Å². The van der Waals surface area contributed by atoms with Crippen LogP contribution in [0.2, 0.25) is 0 Å². The first-order valence-electron chi connectivity index (χ1n) is 5.79. The second-order valence-electron chi connectivity index (χ2n) is 4.33. The molecule has 3 N–H and O–H groups in total. The third-order valence-electron chi connectivity index (χ3n) is 3.09. The molecule has 0 aliphatic carbocycles. The fraction of sp³-hybridized carbons (Fsp3) is 0.462. The van der Waals surface area contributed by atoms with Crippen molar-refractivity contribution in [3.8, 4) is 5.75 Å². The number of carbonyl (C=O) groups excluding carboxylic acids is 1. The van der Waals surface area contributed by atoms with Gasteiger partial charge in [-0.05, 0) is 18.1 Å². The van der Waals surface area contributed by atoms with Crippen LogP contribution in [-0.4, -0.2) is 24.1 Å². The number of phenols is 1. The molecule has 0 heterocycles. The average Bonchev–Trinajstić information content (AvgIpc) is 2.35. The number of phenolic OH excluding ortho intramolecular Hbond substituents is 1. The van der Waals surface area contributed by atoms with Gasteiger partial charge in [0, 0.05) is 18.8 Å². The minimum atomic E-state index is -0.507. The summed E-state index contributed by atoms with van der Waals surface area (Å²) in [7, 11) is 1.67. The summed E-state index contributed by atoms with van der Waals surface area (Å²) in [4.78, 5) is 13.6. The minimum absolute atomic E-state index is 0.134. The van der Waals surface area contributed by atoms with E-state index in [4.69, 9.17) is 5.73 Å². The van der Waals surface area contributed by atoms with Crippen LogP contribution in [0.4, 0.5) is 5.69 Å². The predicted molar refractivity (Wildman–Crippen MR) is 68.9 cm³/mol. The highest BCUT2D eigenvalue weighted by atomic mass is 16.3. The Balaban J connectivity index is 2.83. The smallest absolute Gasteiger partial charge is 0.243 e. The van der Waals surface area contributed by atoms with Gasteiger partial charge in [0.25, 0.3) is 0 Å². The van der Waals surface area contributed by atoms with E-state index >= 15 is 0 Å². The Morgan fingerprint density at radius 1 is 1.53 bits per heavy atom. The second kappa shape index (κ2) is 5.68. The lowest BCUT2D eigenvalue weighted by atomic mass is 9.99. The van der Waals surface area contributed by atoms with E-state index in [0.717, 1.165) is 6.42 Å². The fourth-order valence-electron chi connectivity index (χ4n) is 1.55. The number of carbonyl (C=O) groups is 1. The van der Waals surface area contributed by atoms with Crippen molar-refractivity contribution in [3.63, 3.8) is 0 Å². The number of hydrogen-bond donors (Lipinski definition) is 2. The standard InChI is InChI=1S/C13H20N2O2/c1-4-9(2)12(14)13(17)15(3)10-6-5-7-11(16)8-10/h5-9,12,16H,4,14H2,1-3H3/t9?,12-/m0/s1. The maximum atomic E-state index is 12.1. The molecule has 0 radical (unpaired) electrons. The molecule has 0 aromatic heterocycles. The third-order valence-corrected chi connectivity index (χ3v) is 3.09. The van der Waals surface area contributed by atoms with Gasteiger partial charge in [-0.1, -0.05) is 26.3 Å². The summed E-state index contributed by atoms with van der Waals surface area (Å²) in [5.41, 5.74) is 6.54. The highest BCUT2D eigenvalue weighted by molar-refractivity contribution is 5.96. The van der Waals surface area contributed by atoms with Crippen molar-refractivity contribution in [2.45, 2.75) is 26.3 Å². The Morgan fingerprint density at radius 3 is 2.71 bits per heavy atom. The first-order chi connectivity index (χ1) is 7.97. The van der Waals surface area contributed by atoms with Crippen molar-refractivity contribution < 1.29 is 9.90 Å². The molecule has 4 heteroatoms. The molecule has 1 aromatic carbocycles. The zero-order valence-electron chi connectivity index (χ0n) is 10.6. The van der Waals surface area contributed by atoms with Crippen molar-refractivity contribution in [1.82, 2.24) is 0 Å². The molecule has 1 aromatic rings. The molecular weight excluding hydrogens is 216 g/mol. The summed E-state index contributed by atoms with van der Waals surface area (Å²) >= 11 is 0. The highest BCUT2D eigenvalue weighted by Gasteiger charge is 2.23. The van der Waals surface area contributed by atoms with Crippen LogP contribution < -0.4 is 10.6 Å². The van der Waals surface area contributed by atoms with Gasteiger partial charge in [0.1, 0.15) is 5.75 Å². The van der Waals surface area contributed by atoms with E-state index in [0.29, 0.717) is 5.69 Å². The van der Waals surface area contributed by atoms with Gasteiger partial charge in [-0.25, -0.2) is 0 Å². The van der Waals surface area contributed by atoms with Crippen molar-refractivity contribution in [2.75, 3.05) is 11.9 Å². The number of anilines is 1. The maximum Gasteiger partial charge on any atom is 0.243 e. The fourth-order valence-corrected chi connectivity index (χ4v) is 1.55. The molecule has 0 saturated heterocycles. The van der Waals surface area contributed by atoms with Gasteiger partial charge < -0.3 is 15.7 Å². The molecule has 17 heavy (non-hydrogen) atoms. The zero-order valence-corrected chi connectivity index (χ0v) is 10.6. The molecule has 4 nitrogen and oxygen atoms in total. The van der Waals surface area contributed by atoms with Gasteiger partial charge in [-0.15, -0.1) is 0 Å². The molecule has 0 spiro atoms. The maximum absolute atomic E-state index is 12.1. The predicted octanol–water partition coefficient (Wildman–Crippen LogP) is 1.73. The Labute approximate surface area is 102 Å². The Morgan fingerprint density at radius 2 is 2.18 bits per heavy atom. The number of amides is 1. The molecule has 0 saturated carbocycles.